The number of rotatable bonds is 3. The smallest absolute Gasteiger partial charge is 0.255 e. The summed E-state index contributed by atoms with van der Waals surface area (Å²) in [5.41, 5.74) is 2.88. The number of fused-ring (bicyclic) bond motifs is 1. The molecule has 0 atom stereocenters. The number of aromatic nitrogens is 2. The lowest BCUT2D eigenvalue weighted by molar-refractivity contribution is 0.102. The maximum atomic E-state index is 12.3. The Balaban J connectivity index is 1.86. The molecule has 0 spiro atoms. The van der Waals surface area contributed by atoms with Crippen molar-refractivity contribution in [2.45, 2.75) is 0 Å². The number of carbonyl (C=O) groups excluding carboxylic acids is 1. The zero-order valence-corrected chi connectivity index (χ0v) is 12.8. The van der Waals surface area contributed by atoms with Crippen molar-refractivity contribution in [1.82, 2.24) is 9.97 Å². The Labute approximate surface area is 129 Å². The van der Waals surface area contributed by atoms with E-state index in [9.17, 15) is 4.79 Å². The third kappa shape index (κ3) is 2.90. The first kappa shape index (κ1) is 13.6. The van der Waals surface area contributed by atoms with Crippen molar-refractivity contribution in [3.63, 3.8) is 0 Å². The van der Waals surface area contributed by atoms with Crippen LogP contribution in [0.5, 0.6) is 5.75 Å². The first-order valence-electron chi connectivity index (χ1n) is 6.25. The van der Waals surface area contributed by atoms with E-state index in [1.165, 1.54) is 0 Å². The molecule has 5 nitrogen and oxygen atoms in total. The quantitative estimate of drug-likeness (QED) is 0.762. The molecule has 0 unspecified atom stereocenters. The zero-order valence-electron chi connectivity index (χ0n) is 11.2. The van der Waals surface area contributed by atoms with Gasteiger partial charge in [0.05, 0.1) is 24.5 Å². The summed E-state index contributed by atoms with van der Waals surface area (Å²) in [4.78, 5) is 19.4. The molecule has 0 fully saturated rings. The number of H-pyrrole nitrogens is 1. The van der Waals surface area contributed by atoms with Gasteiger partial charge in [0.1, 0.15) is 5.75 Å². The first-order valence-corrected chi connectivity index (χ1v) is 7.04. The Kier molecular flexibility index (Phi) is 3.62. The standard InChI is InChI=1S/C15H12BrN3O2/c1-21-12-6-10(16)5-11(7-12)19-15(20)9-2-3-13-14(4-9)18-8-17-13/h2-8H,1H3,(H,17,18)(H,19,20). The molecule has 0 aliphatic carbocycles. The summed E-state index contributed by atoms with van der Waals surface area (Å²) in [5.74, 6) is 0.482. The number of hydrogen-bond acceptors (Lipinski definition) is 3. The van der Waals surface area contributed by atoms with Crippen LogP contribution in [0.15, 0.2) is 47.2 Å². The second-order valence-electron chi connectivity index (χ2n) is 4.47. The van der Waals surface area contributed by atoms with E-state index in [-0.39, 0.29) is 5.91 Å². The SMILES string of the molecule is COc1cc(Br)cc(NC(=O)c2ccc3nc[nH]c3c2)c1. The van der Waals surface area contributed by atoms with Crippen molar-refractivity contribution in [1.29, 1.82) is 0 Å². The monoisotopic (exact) mass is 345 g/mol. The molecule has 0 aliphatic heterocycles. The number of imidazole rings is 1. The molecule has 0 saturated heterocycles. The molecule has 3 rings (SSSR count). The average Bonchev–Trinajstić information content (AvgIpc) is 2.93. The van der Waals surface area contributed by atoms with Gasteiger partial charge in [-0.05, 0) is 30.3 Å². The number of methoxy groups -OCH3 is 1. The molecule has 1 amide bonds. The molecule has 0 radical (unpaired) electrons. The van der Waals surface area contributed by atoms with Gasteiger partial charge >= 0.3 is 0 Å². The van der Waals surface area contributed by atoms with Crippen LogP contribution in [0, 0.1) is 0 Å². The van der Waals surface area contributed by atoms with Crippen molar-refractivity contribution in [2.75, 3.05) is 12.4 Å². The molecule has 106 valence electrons. The molecule has 21 heavy (non-hydrogen) atoms. The van der Waals surface area contributed by atoms with E-state index in [1.807, 2.05) is 18.2 Å². The van der Waals surface area contributed by atoms with Crippen LogP contribution in [-0.2, 0) is 0 Å². The third-order valence-corrected chi connectivity index (χ3v) is 3.51. The van der Waals surface area contributed by atoms with Gasteiger partial charge in [0.2, 0.25) is 0 Å². The summed E-state index contributed by atoms with van der Waals surface area (Å²) >= 11 is 3.38. The van der Waals surface area contributed by atoms with Gasteiger partial charge in [0, 0.05) is 21.8 Å². The number of anilines is 1. The van der Waals surface area contributed by atoms with Crippen LogP contribution in [0.2, 0.25) is 0 Å². The molecule has 1 heterocycles. The lowest BCUT2D eigenvalue weighted by Gasteiger charge is -2.08. The number of benzene rings is 2. The summed E-state index contributed by atoms with van der Waals surface area (Å²) < 4.78 is 6.01. The van der Waals surface area contributed by atoms with E-state index in [0.717, 1.165) is 15.5 Å². The highest BCUT2D eigenvalue weighted by molar-refractivity contribution is 9.10. The van der Waals surface area contributed by atoms with Crippen molar-refractivity contribution >= 4 is 38.6 Å². The lowest BCUT2D eigenvalue weighted by Crippen LogP contribution is -2.11. The summed E-state index contributed by atoms with van der Waals surface area (Å²) in [5, 5.41) is 2.85. The lowest BCUT2D eigenvalue weighted by atomic mass is 10.2. The highest BCUT2D eigenvalue weighted by atomic mass is 79.9. The minimum absolute atomic E-state index is 0.188. The van der Waals surface area contributed by atoms with Crippen molar-refractivity contribution in [3.05, 3.63) is 52.8 Å². The predicted molar refractivity (Wildman–Crippen MR) is 84.7 cm³/mol. The molecule has 3 aromatic rings. The van der Waals surface area contributed by atoms with Crippen LogP contribution in [0.3, 0.4) is 0 Å². The molecule has 0 aliphatic rings. The number of hydrogen-bond donors (Lipinski definition) is 2. The Morgan fingerprint density at radius 3 is 2.95 bits per heavy atom. The van der Waals surface area contributed by atoms with Gasteiger partial charge in [0.15, 0.2) is 0 Å². The van der Waals surface area contributed by atoms with E-state index in [2.05, 4.69) is 31.2 Å². The second kappa shape index (κ2) is 5.57. The fourth-order valence-corrected chi connectivity index (χ4v) is 2.51. The van der Waals surface area contributed by atoms with E-state index in [1.54, 1.807) is 31.6 Å². The van der Waals surface area contributed by atoms with E-state index >= 15 is 0 Å². The van der Waals surface area contributed by atoms with E-state index in [4.69, 9.17) is 4.74 Å². The summed E-state index contributed by atoms with van der Waals surface area (Å²) in [6, 6.07) is 10.7. The third-order valence-electron chi connectivity index (χ3n) is 3.05. The highest BCUT2D eigenvalue weighted by Crippen LogP contribution is 2.25. The van der Waals surface area contributed by atoms with Gasteiger partial charge < -0.3 is 15.0 Å². The number of aromatic amines is 1. The molecule has 1 aromatic heterocycles. The van der Waals surface area contributed by atoms with Crippen LogP contribution in [-0.4, -0.2) is 23.0 Å². The van der Waals surface area contributed by atoms with Gasteiger partial charge in [-0.25, -0.2) is 4.98 Å². The first-order chi connectivity index (χ1) is 10.2. The second-order valence-corrected chi connectivity index (χ2v) is 5.38. The van der Waals surface area contributed by atoms with Crippen molar-refractivity contribution in [3.8, 4) is 5.75 Å². The van der Waals surface area contributed by atoms with Gasteiger partial charge in [0.25, 0.3) is 5.91 Å². The molecular weight excluding hydrogens is 334 g/mol. The minimum Gasteiger partial charge on any atom is -0.497 e. The van der Waals surface area contributed by atoms with Crippen LogP contribution >= 0.6 is 15.9 Å². The number of ether oxygens (including phenoxy) is 1. The fourth-order valence-electron chi connectivity index (χ4n) is 2.03. The summed E-state index contributed by atoms with van der Waals surface area (Å²) in [7, 11) is 1.58. The normalized spacial score (nSPS) is 10.6. The topological polar surface area (TPSA) is 67.0 Å². The fraction of sp³-hybridized carbons (Fsp3) is 0.0667. The number of nitrogens with one attached hydrogen (secondary N) is 2. The van der Waals surface area contributed by atoms with Gasteiger partial charge in [-0.1, -0.05) is 15.9 Å². The summed E-state index contributed by atoms with van der Waals surface area (Å²) in [6.07, 6.45) is 1.60. The average molecular weight is 346 g/mol. The van der Waals surface area contributed by atoms with Gasteiger partial charge in [-0.2, -0.15) is 0 Å². The molecular formula is C15H12BrN3O2. The maximum Gasteiger partial charge on any atom is 0.255 e. The molecule has 2 N–H and O–H groups in total. The van der Waals surface area contributed by atoms with Crippen molar-refractivity contribution in [2.24, 2.45) is 0 Å². The Hall–Kier alpha value is -2.34. The van der Waals surface area contributed by atoms with Gasteiger partial charge in [-0.15, -0.1) is 0 Å². The zero-order chi connectivity index (χ0) is 14.8. The predicted octanol–water partition coefficient (Wildman–Crippen LogP) is 3.59. The van der Waals surface area contributed by atoms with Crippen LogP contribution in [0.25, 0.3) is 11.0 Å². The molecule has 0 bridgehead atoms. The number of carbonyl (C=O) groups is 1. The molecule has 2 aromatic carbocycles. The summed E-state index contributed by atoms with van der Waals surface area (Å²) in [6.45, 7) is 0. The van der Waals surface area contributed by atoms with Crippen LogP contribution in [0.4, 0.5) is 5.69 Å². The Bertz CT molecular complexity index is 814. The highest BCUT2D eigenvalue weighted by Gasteiger charge is 2.09. The van der Waals surface area contributed by atoms with E-state index < -0.39 is 0 Å². The Morgan fingerprint density at radius 1 is 1.29 bits per heavy atom. The van der Waals surface area contributed by atoms with Crippen molar-refractivity contribution < 1.29 is 9.53 Å². The van der Waals surface area contributed by atoms with E-state index in [0.29, 0.717) is 17.0 Å². The number of nitrogens with zero attached hydrogens (tertiary/aromatic N) is 1. The molecule has 0 saturated carbocycles. The molecule has 6 heteroatoms. The van der Waals surface area contributed by atoms with Gasteiger partial charge in [-0.3, -0.25) is 4.79 Å². The van der Waals surface area contributed by atoms with Crippen LogP contribution in [0.1, 0.15) is 10.4 Å². The number of amides is 1. The largest absolute Gasteiger partial charge is 0.497 e. The minimum atomic E-state index is -0.188. The Morgan fingerprint density at radius 2 is 2.14 bits per heavy atom. The van der Waals surface area contributed by atoms with Crippen LogP contribution < -0.4 is 10.1 Å². The maximum absolute atomic E-state index is 12.3. The number of halogens is 1.